The van der Waals surface area contributed by atoms with Gasteiger partial charge in [-0.25, -0.2) is 8.42 Å². The molecule has 1 saturated heterocycles. The van der Waals surface area contributed by atoms with Crippen molar-refractivity contribution >= 4 is 27.8 Å². The summed E-state index contributed by atoms with van der Waals surface area (Å²) in [5, 5.41) is 0. The lowest BCUT2D eigenvalue weighted by atomic mass is 9.87. The van der Waals surface area contributed by atoms with E-state index < -0.39 is 10.0 Å². The van der Waals surface area contributed by atoms with Gasteiger partial charge in [0.05, 0.1) is 4.90 Å². The Hall–Kier alpha value is -2.77. The van der Waals surface area contributed by atoms with Crippen LogP contribution < -0.4 is 0 Å². The first-order valence-electron chi connectivity index (χ1n) is 10.7. The first kappa shape index (κ1) is 23.9. The predicted molar refractivity (Wildman–Crippen MR) is 126 cm³/mol. The van der Waals surface area contributed by atoms with E-state index in [4.69, 9.17) is 0 Å². The summed E-state index contributed by atoms with van der Waals surface area (Å²) < 4.78 is 27.1. The molecule has 32 heavy (non-hydrogen) atoms. The van der Waals surface area contributed by atoms with Gasteiger partial charge in [-0.15, -0.1) is 0 Å². The number of hydrogen-bond acceptors (Lipinski definition) is 4. The molecule has 1 aliphatic rings. The highest BCUT2D eigenvalue weighted by atomic mass is 32.2. The molecular weight excluding hydrogens is 424 g/mol. The van der Waals surface area contributed by atoms with Crippen LogP contribution in [0.25, 0.3) is 6.08 Å². The number of benzene rings is 2. The van der Waals surface area contributed by atoms with Gasteiger partial charge in [0, 0.05) is 37.8 Å². The van der Waals surface area contributed by atoms with Crippen molar-refractivity contribution in [2.45, 2.75) is 38.0 Å². The zero-order valence-electron chi connectivity index (χ0n) is 19.0. The molecule has 0 N–H and O–H groups in total. The van der Waals surface area contributed by atoms with Gasteiger partial charge in [0.1, 0.15) is 0 Å². The number of hydrogen-bond donors (Lipinski definition) is 0. The van der Waals surface area contributed by atoms with Crippen molar-refractivity contribution < 1.29 is 18.0 Å². The van der Waals surface area contributed by atoms with Crippen molar-refractivity contribution in [2.75, 3.05) is 26.2 Å². The van der Waals surface area contributed by atoms with Gasteiger partial charge < -0.3 is 4.90 Å². The average molecular weight is 455 g/mol. The van der Waals surface area contributed by atoms with Gasteiger partial charge in [-0.2, -0.15) is 4.31 Å². The molecule has 2 aromatic carbocycles. The maximum atomic E-state index is 12.9. The maximum absolute atomic E-state index is 12.9. The number of sulfonamides is 1. The van der Waals surface area contributed by atoms with Crippen LogP contribution in [0.5, 0.6) is 0 Å². The topological polar surface area (TPSA) is 74.8 Å². The van der Waals surface area contributed by atoms with Crippen molar-refractivity contribution in [2.24, 2.45) is 0 Å². The molecule has 3 rings (SSSR count). The van der Waals surface area contributed by atoms with Gasteiger partial charge in [0.25, 0.3) is 0 Å². The number of ketones is 1. The van der Waals surface area contributed by atoms with Gasteiger partial charge in [-0.3, -0.25) is 9.59 Å². The molecule has 0 saturated carbocycles. The number of carbonyl (C=O) groups excluding carboxylic acids is 2. The zero-order chi connectivity index (χ0) is 23.5. The third-order valence-corrected chi connectivity index (χ3v) is 7.56. The maximum Gasteiger partial charge on any atom is 0.246 e. The summed E-state index contributed by atoms with van der Waals surface area (Å²) in [5.41, 5.74) is 2.73. The standard InChI is InChI=1S/C25H30N2O4S/c1-19(28)21-8-12-23(13-9-21)32(30,31)27-17-15-26(16-18-27)24(29)14-7-20-5-10-22(11-6-20)25(2,3)4/h5-14H,15-18H2,1-4H3. The van der Waals surface area contributed by atoms with Crippen molar-refractivity contribution in [3.05, 3.63) is 71.3 Å². The van der Waals surface area contributed by atoms with E-state index in [-0.39, 0.29) is 35.1 Å². The Kier molecular flexibility index (Phi) is 7.00. The van der Waals surface area contributed by atoms with Gasteiger partial charge in [0.15, 0.2) is 5.78 Å². The van der Waals surface area contributed by atoms with E-state index in [0.717, 1.165) is 5.56 Å². The fourth-order valence-electron chi connectivity index (χ4n) is 3.53. The summed E-state index contributed by atoms with van der Waals surface area (Å²) in [7, 11) is -3.66. The lowest BCUT2D eigenvalue weighted by molar-refractivity contribution is -0.127. The quantitative estimate of drug-likeness (QED) is 0.510. The molecule has 1 heterocycles. The van der Waals surface area contributed by atoms with Crippen LogP contribution in [0.3, 0.4) is 0 Å². The molecule has 1 amide bonds. The molecule has 0 atom stereocenters. The van der Waals surface area contributed by atoms with Crippen LogP contribution in [0.4, 0.5) is 0 Å². The third kappa shape index (κ3) is 5.53. The predicted octanol–water partition coefficient (Wildman–Crippen LogP) is 3.73. The molecule has 0 aliphatic carbocycles. The summed E-state index contributed by atoms with van der Waals surface area (Å²) in [4.78, 5) is 25.8. The van der Waals surface area contributed by atoms with Crippen molar-refractivity contribution in [3.63, 3.8) is 0 Å². The second kappa shape index (κ2) is 9.38. The minimum Gasteiger partial charge on any atom is -0.337 e. The van der Waals surface area contributed by atoms with E-state index in [2.05, 4.69) is 32.9 Å². The Morgan fingerprint density at radius 1 is 0.875 bits per heavy atom. The van der Waals surface area contributed by atoms with Crippen LogP contribution in [0.15, 0.2) is 59.5 Å². The second-order valence-electron chi connectivity index (χ2n) is 9.02. The number of piperazine rings is 1. The Balaban J connectivity index is 1.59. The van der Waals surface area contributed by atoms with Crippen LogP contribution in [0.2, 0.25) is 0 Å². The van der Waals surface area contributed by atoms with Crippen molar-refractivity contribution in [1.29, 1.82) is 0 Å². The fourth-order valence-corrected chi connectivity index (χ4v) is 4.95. The highest BCUT2D eigenvalue weighted by Gasteiger charge is 2.29. The molecule has 0 bridgehead atoms. The largest absolute Gasteiger partial charge is 0.337 e. The van der Waals surface area contributed by atoms with Gasteiger partial charge in [-0.05, 0) is 41.7 Å². The van der Waals surface area contributed by atoms with Crippen LogP contribution in [0.1, 0.15) is 49.2 Å². The minimum absolute atomic E-state index is 0.0769. The van der Waals surface area contributed by atoms with E-state index in [1.807, 2.05) is 12.1 Å². The highest BCUT2D eigenvalue weighted by Crippen LogP contribution is 2.23. The molecule has 1 aliphatic heterocycles. The Bertz CT molecular complexity index is 1100. The lowest BCUT2D eigenvalue weighted by Crippen LogP contribution is -2.50. The Morgan fingerprint density at radius 3 is 1.94 bits per heavy atom. The highest BCUT2D eigenvalue weighted by molar-refractivity contribution is 7.89. The molecular formula is C25H30N2O4S. The fraction of sp³-hybridized carbons (Fsp3) is 0.360. The normalized spacial score (nSPS) is 15.8. The summed E-state index contributed by atoms with van der Waals surface area (Å²) >= 11 is 0. The van der Waals surface area contributed by atoms with Crippen LogP contribution in [-0.2, 0) is 20.2 Å². The SMILES string of the molecule is CC(=O)c1ccc(S(=O)(=O)N2CCN(C(=O)C=Cc3ccc(C(C)(C)C)cc3)CC2)cc1. The van der Waals surface area contributed by atoms with E-state index in [1.165, 1.54) is 47.1 Å². The lowest BCUT2D eigenvalue weighted by Gasteiger charge is -2.33. The van der Waals surface area contributed by atoms with Crippen molar-refractivity contribution in [1.82, 2.24) is 9.21 Å². The van der Waals surface area contributed by atoms with Crippen LogP contribution in [0, 0.1) is 0 Å². The number of nitrogens with zero attached hydrogens (tertiary/aromatic N) is 2. The number of amides is 1. The number of Topliss-reactive ketones (excluding diaryl/α,β-unsaturated/α-hetero) is 1. The monoisotopic (exact) mass is 454 g/mol. The molecule has 0 unspecified atom stereocenters. The third-order valence-electron chi connectivity index (χ3n) is 5.64. The van der Waals surface area contributed by atoms with Gasteiger partial charge in [-0.1, -0.05) is 57.2 Å². The average Bonchev–Trinajstić information content (AvgIpc) is 2.77. The summed E-state index contributed by atoms with van der Waals surface area (Å²) in [5.74, 6) is -0.243. The summed E-state index contributed by atoms with van der Waals surface area (Å²) in [6.45, 7) is 9.03. The first-order chi connectivity index (χ1) is 15.0. The molecule has 0 aromatic heterocycles. The number of rotatable bonds is 5. The van der Waals surface area contributed by atoms with E-state index in [0.29, 0.717) is 18.7 Å². The Morgan fingerprint density at radius 2 is 1.44 bits per heavy atom. The molecule has 7 heteroatoms. The van der Waals surface area contributed by atoms with Gasteiger partial charge >= 0.3 is 0 Å². The van der Waals surface area contributed by atoms with E-state index >= 15 is 0 Å². The van der Waals surface area contributed by atoms with Crippen molar-refractivity contribution in [3.8, 4) is 0 Å². The molecule has 6 nitrogen and oxygen atoms in total. The molecule has 1 fully saturated rings. The molecule has 0 spiro atoms. The van der Waals surface area contributed by atoms with Crippen LogP contribution >= 0.6 is 0 Å². The second-order valence-corrected chi connectivity index (χ2v) is 11.0. The molecule has 2 aromatic rings. The van der Waals surface area contributed by atoms with Gasteiger partial charge in [0.2, 0.25) is 15.9 Å². The molecule has 0 radical (unpaired) electrons. The van der Waals surface area contributed by atoms with Crippen LogP contribution in [-0.4, -0.2) is 55.5 Å². The molecule has 170 valence electrons. The summed E-state index contributed by atoms with van der Waals surface area (Å²) in [6.07, 6.45) is 3.32. The summed E-state index contributed by atoms with van der Waals surface area (Å²) in [6, 6.07) is 14.1. The Labute approximate surface area is 190 Å². The van der Waals surface area contributed by atoms with E-state index in [9.17, 15) is 18.0 Å². The first-order valence-corrected chi connectivity index (χ1v) is 12.1. The number of carbonyl (C=O) groups is 2. The van der Waals surface area contributed by atoms with E-state index in [1.54, 1.807) is 11.0 Å². The smallest absolute Gasteiger partial charge is 0.246 e. The minimum atomic E-state index is -3.66. The zero-order valence-corrected chi connectivity index (χ0v) is 19.9.